The Morgan fingerprint density at radius 2 is 2.20 bits per heavy atom. The van der Waals surface area contributed by atoms with Crippen LogP contribution >= 0.6 is 0 Å². The Labute approximate surface area is 119 Å². The van der Waals surface area contributed by atoms with Gasteiger partial charge < -0.3 is 4.57 Å². The van der Waals surface area contributed by atoms with E-state index in [2.05, 4.69) is 26.5 Å². The molecule has 0 spiro atoms. The van der Waals surface area contributed by atoms with Crippen molar-refractivity contribution in [3.8, 4) is 0 Å². The Balaban J connectivity index is 1.54. The maximum atomic E-state index is 4.68. The number of hydrogen-bond donors (Lipinski definition) is 0. The van der Waals surface area contributed by atoms with E-state index in [1.54, 1.807) is 0 Å². The Bertz CT molecular complexity index is 581. The molecule has 1 unspecified atom stereocenters. The molecule has 1 fully saturated rings. The van der Waals surface area contributed by atoms with Gasteiger partial charge in [0.25, 0.3) is 0 Å². The lowest BCUT2D eigenvalue weighted by atomic mass is 10.2. The number of fused-ring (bicyclic) bond motifs is 1. The van der Waals surface area contributed by atoms with Crippen molar-refractivity contribution in [3.63, 3.8) is 0 Å². The Morgan fingerprint density at radius 1 is 1.30 bits per heavy atom. The summed E-state index contributed by atoms with van der Waals surface area (Å²) in [5.74, 6) is 2.17. The quantitative estimate of drug-likeness (QED) is 0.852. The van der Waals surface area contributed by atoms with E-state index >= 15 is 0 Å². The molecule has 2 aliphatic rings. The summed E-state index contributed by atoms with van der Waals surface area (Å²) < 4.78 is 4.35. The molecule has 0 amide bonds. The molecule has 1 atom stereocenters. The predicted octanol–water partition coefficient (Wildman–Crippen LogP) is 1.91. The smallest absolute Gasteiger partial charge is 0.126 e. The van der Waals surface area contributed by atoms with Gasteiger partial charge in [-0.2, -0.15) is 5.10 Å². The van der Waals surface area contributed by atoms with Crippen LogP contribution in [-0.4, -0.2) is 37.3 Å². The summed E-state index contributed by atoms with van der Waals surface area (Å²) in [5.41, 5.74) is 1.27. The first-order valence-corrected chi connectivity index (χ1v) is 7.57. The highest BCUT2D eigenvalue weighted by Crippen LogP contribution is 2.34. The Hall–Kier alpha value is -1.62. The molecule has 0 saturated heterocycles. The van der Waals surface area contributed by atoms with Crippen LogP contribution in [0.1, 0.15) is 37.3 Å². The van der Waals surface area contributed by atoms with Gasteiger partial charge in [-0.05, 0) is 31.7 Å². The second kappa shape index (κ2) is 4.74. The number of hydrogen-bond acceptors (Lipinski definition) is 3. The van der Waals surface area contributed by atoms with Crippen molar-refractivity contribution in [1.82, 2.24) is 24.2 Å². The van der Waals surface area contributed by atoms with Gasteiger partial charge in [-0.1, -0.05) is 0 Å². The van der Waals surface area contributed by atoms with Gasteiger partial charge >= 0.3 is 0 Å². The van der Waals surface area contributed by atoms with Crippen LogP contribution in [0.4, 0.5) is 0 Å². The highest BCUT2D eigenvalue weighted by Gasteiger charge is 2.31. The van der Waals surface area contributed by atoms with Gasteiger partial charge in [-0.3, -0.25) is 9.58 Å². The molecule has 106 valence electrons. The lowest BCUT2D eigenvalue weighted by Crippen LogP contribution is -2.38. The van der Waals surface area contributed by atoms with Crippen LogP contribution in [0, 0.1) is 5.92 Å². The van der Waals surface area contributed by atoms with Crippen LogP contribution in [-0.2, 0) is 13.1 Å². The molecular formula is C15H21N5. The normalized spacial score (nSPS) is 22.9. The molecule has 20 heavy (non-hydrogen) atoms. The minimum Gasteiger partial charge on any atom is -0.328 e. The maximum absolute atomic E-state index is 4.68. The van der Waals surface area contributed by atoms with Crippen LogP contribution in [0.15, 0.2) is 24.7 Å². The zero-order chi connectivity index (χ0) is 13.5. The van der Waals surface area contributed by atoms with Crippen molar-refractivity contribution in [2.45, 2.75) is 38.9 Å². The number of aromatic nitrogens is 4. The molecule has 1 aliphatic heterocycles. The van der Waals surface area contributed by atoms with Gasteiger partial charge in [0.15, 0.2) is 0 Å². The standard InChI is InChI=1S/C15H21N5/c1-12-15-16-9-14(11-19-6-2-5-17-19)20(15)8-7-18(12)10-13-3-4-13/h2,5-6,9,12-13H,3-4,7-8,10-11H2,1H3. The lowest BCUT2D eigenvalue weighted by Gasteiger charge is -2.34. The molecule has 3 heterocycles. The van der Waals surface area contributed by atoms with E-state index in [1.807, 2.05) is 29.3 Å². The third-order valence-electron chi connectivity index (χ3n) is 4.57. The van der Waals surface area contributed by atoms with Crippen LogP contribution < -0.4 is 0 Å². The Kier molecular flexibility index (Phi) is 2.88. The summed E-state index contributed by atoms with van der Waals surface area (Å²) in [4.78, 5) is 7.27. The summed E-state index contributed by atoms with van der Waals surface area (Å²) in [7, 11) is 0. The van der Waals surface area contributed by atoms with E-state index in [-0.39, 0.29) is 0 Å². The first kappa shape index (κ1) is 12.1. The second-order valence-electron chi connectivity index (χ2n) is 6.08. The van der Waals surface area contributed by atoms with Crippen molar-refractivity contribution in [3.05, 3.63) is 36.2 Å². The molecule has 4 rings (SSSR count). The zero-order valence-corrected chi connectivity index (χ0v) is 11.9. The molecule has 5 nitrogen and oxygen atoms in total. The molecule has 0 aromatic carbocycles. The predicted molar refractivity (Wildman–Crippen MR) is 76.3 cm³/mol. The summed E-state index contributed by atoms with van der Waals surface area (Å²) in [5, 5.41) is 4.29. The first-order chi connectivity index (χ1) is 9.81. The number of rotatable bonds is 4. The van der Waals surface area contributed by atoms with E-state index in [9.17, 15) is 0 Å². The van der Waals surface area contributed by atoms with Crippen molar-refractivity contribution in [2.24, 2.45) is 5.92 Å². The summed E-state index contributed by atoms with van der Waals surface area (Å²) in [6, 6.07) is 2.41. The van der Waals surface area contributed by atoms with Gasteiger partial charge in [-0.15, -0.1) is 0 Å². The van der Waals surface area contributed by atoms with Gasteiger partial charge in [-0.25, -0.2) is 4.98 Å². The molecule has 0 N–H and O–H groups in total. The number of imidazole rings is 1. The highest BCUT2D eigenvalue weighted by molar-refractivity contribution is 5.11. The van der Waals surface area contributed by atoms with Crippen LogP contribution in [0.2, 0.25) is 0 Å². The fourth-order valence-electron chi connectivity index (χ4n) is 3.17. The monoisotopic (exact) mass is 271 g/mol. The molecule has 0 radical (unpaired) electrons. The molecule has 0 bridgehead atoms. The summed E-state index contributed by atoms with van der Waals surface area (Å²) in [6.07, 6.45) is 8.69. The van der Waals surface area contributed by atoms with E-state index in [4.69, 9.17) is 0 Å². The van der Waals surface area contributed by atoms with E-state index in [1.165, 1.54) is 30.9 Å². The average Bonchev–Trinajstić information content (AvgIpc) is 2.96. The van der Waals surface area contributed by atoms with Gasteiger partial charge in [0.2, 0.25) is 0 Å². The molecule has 1 aliphatic carbocycles. The van der Waals surface area contributed by atoms with Crippen molar-refractivity contribution in [2.75, 3.05) is 13.1 Å². The highest BCUT2D eigenvalue weighted by atomic mass is 15.3. The largest absolute Gasteiger partial charge is 0.328 e. The molecular weight excluding hydrogens is 250 g/mol. The maximum Gasteiger partial charge on any atom is 0.126 e. The zero-order valence-electron chi connectivity index (χ0n) is 11.9. The second-order valence-corrected chi connectivity index (χ2v) is 6.08. The minimum absolute atomic E-state index is 0.440. The summed E-state index contributed by atoms with van der Waals surface area (Å²) >= 11 is 0. The third kappa shape index (κ3) is 2.16. The molecule has 5 heteroatoms. The van der Waals surface area contributed by atoms with Gasteiger partial charge in [0, 0.05) is 32.0 Å². The van der Waals surface area contributed by atoms with Crippen molar-refractivity contribution < 1.29 is 0 Å². The SMILES string of the molecule is CC1c2ncc(Cn3cccn3)n2CCN1CC1CC1. The third-order valence-corrected chi connectivity index (χ3v) is 4.57. The minimum atomic E-state index is 0.440. The topological polar surface area (TPSA) is 38.9 Å². The first-order valence-electron chi connectivity index (χ1n) is 7.57. The van der Waals surface area contributed by atoms with E-state index in [0.717, 1.165) is 25.6 Å². The van der Waals surface area contributed by atoms with Crippen LogP contribution in [0.5, 0.6) is 0 Å². The van der Waals surface area contributed by atoms with Gasteiger partial charge in [0.1, 0.15) is 5.82 Å². The van der Waals surface area contributed by atoms with Crippen LogP contribution in [0.3, 0.4) is 0 Å². The Morgan fingerprint density at radius 3 is 2.95 bits per heavy atom. The van der Waals surface area contributed by atoms with E-state index < -0.39 is 0 Å². The van der Waals surface area contributed by atoms with Crippen LogP contribution in [0.25, 0.3) is 0 Å². The lowest BCUT2D eigenvalue weighted by molar-refractivity contribution is 0.156. The van der Waals surface area contributed by atoms with E-state index in [0.29, 0.717) is 6.04 Å². The number of nitrogens with zero attached hydrogens (tertiary/aromatic N) is 5. The fourth-order valence-corrected chi connectivity index (χ4v) is 3.17. The van der Waals surface area contributed by atoms with Crippen molar-refractivity contribution in [1.29, 1.82) is 0 Å². The fraction of sp³-hybridized carbons (Fsp3) is 0.600. The van der Waals surface area contributed by atoms with Gasteiger partial charge in [0.05, 0.1) is 24.5 Å². The summed E-state index contributed by atoms with van der Waals surface area (Å²) in [6.45, 7) is 6.56. The molecule has 2 aromatic heterocycles. The molecule has 2 aromatic rings. The van der Waals surface area contributed by atoms with Crippen molar-refractivity contribution >= 4 is 0 Å². The average molecular weight is 271 g/mol. The molecule has 1 saturated carbocycles.